The number of amides is 1. The van der Waals surface area contributed by atoms with E-state index in [1.165, 1.54) is 7.11 Å². The van der Waals surface area contributed by atoms with E-state index in [-0.39, 0.29) is 11.9 Å². The van der Waals surface area contributed by atoms with Crippen molar-refractivity contribution in [3.63, 3.8) is 0 Å². The number of hydrogen-bond acceptors (Lipinski definition) is 4. The molecule has 0 spiro atoms. The van der Waals surface area contributed by atoms with Crippen molar-refractivity contribution in [3.05, 3.63) is 29.3 Å². The highest BCUT2D eigenvalue weighted by Crippen LogP contribution is 2.20. The molecule has 5 heteroatoms. The van der Waals surface area contributed by atoms with Gasteiger partial charge in [-0.2, -0.15) is 0 Å². The van der Waals surface area contributed by atoms with E-state index >= 15 is 0 Å². The fourth-order valence-corrected chi connectivity index (χ4v) is 2.23. The molecule has 1 aliphatic heterocycles. The number of rotatable bonds is 3. The Labute approximate surface area is 112 Å². The van der Waals surface area contributed by atoms with Crippen LogP contribution in [0.25, 0.3) is 0 Å². The number of carbonyl (C=O) groups is 2. The molecule has 1 aromatic rings. The van der Waals surface area contributed by atoms with Gasteiger partial charge in [-0.1, -0.05) is 6.07 Å². The highest BCUT2D eigenvalue weighted by Gasteiger charge is 2.23. The molecule has 1 atom stereocenters. The molecule has 0 aliphatic carbocycles. The third-order valence-corrected chi connectivity index (χ3v) is 3.37. The van der Waals surface area contributed by atoms with Crippen LogP contribution in [0, 0.1) is 6.92 Å². The first-order valence-corrected chi connectivity index (χ1v) is 6.35. The third kappa shape index (κ3) is 2.93. The van der Waals surface area contributed by atoms with Gasteiger partial charge in [-0.15, -0.1) is 0 Å². The summed E-state index contributed by atoms with van der Waals surface area (Å²) in [5.41, 5.74) is 1.85. The largest absolute Gasteiger partial charge is 0.465 e. The zero-order valence-electron chi connectivity index (χ0n) is 11.2. The van der Waals surface area contributed by atoms with Gasteiger partial charge >= 0.3 is 5.97 Å². The highest BCUT2D eigenvalue weighted by atomic mass is 16.5. The molecule has 19 heavy (non-hydrogen) atoms. The summed E-state index contributed by atoms with van der Waals surface area (Å²) >= 11 is 0. The number of benzene rings is 1. The summed E-state index contributed by atoms with van der Waals surface area (Å²) in [6.45, 7) is 2.67. The van der Waals surface area contributed by atoms with Crippen LogP contribution >= 0.6 is 0 Å². The molecule has 0 saturated carbocycles. The molecule has 1 saturated heterocycles. The Morgan fingerprint density at radius 3 is 2.84 bits per heavy atom. The first-order valence-electron chi connectivity index (χ1n) is 6.35. The molecule has 0 radical (unpaired) electrons. The monoisotopic (exact) mass is 262 g/mol. The molecule has 0 bridgehead atoms. The van der Waals surface area contributed by atoms with Gasteiger partial charge in [-0.05, 0) is 44.0 Å². The van der Waals surface area contributed by atoms with Crippen molar-refractivity contribution in [1.82, 2.24) is 5.32 Å². The summed E-state index contributed by atoms with van der Waals surface area (Å²) in [7, 11) is 1.34. The van der Waals surface area contributed by atoms with E-state index in [1.807, 2.05) is 0 Å². The van der Waals surface area contributed by atoms with Crippen molar-refractivity contribution in [2.75, 3.05) is 19.0 Å². The van der Waals surface area contributed by atoms with E-state index in [1.54, 1.807) is 25.1 Å². The van der Waals surface area contributed by atoms with Gasteiger partial charge in [0.25, 0.3) is 0 Å². The Balaban J connectivity index is 2.16. The molecule has 5 nitrogen and oxygen atoms in total. The molecular weight excluding hydrogens is 244 g/mol. The van der Waals surface area contributed by atoms with E-state index in [9.17, 15) is 9.59 Å². The molecule has 102 valence electrons. The van der Waals surface area contributed by atoms with Crippen molar-refractivity contribution in [3.8, 4) is 0 Å². The van der Waals surface area contributed by atoms with Crippen LogP contribution in [0.15, 0.2) is 18.2 Å². The van der Waals surface area contributed by atoms with E-state index in [0.29, 0.717) is 11.3 Å². The average Bonchev–Trinajstić information content (AvgIpc) is 2.94. The van der Waals surface area contributed by atoms with Crippen molar-refractivity contribution in [2.24, 2.45) is 0 Å². The van der Waals surface area contributed by atoms with Crippen LogP contribution < -0.4 is 10.6 Å². The molecule has 1 heterocycles. The topological polar surface area (TPSA) is 67.4 Å². The second-order valence-corrected chi connectivity index (χ2v) is 4.61. The van der Waals surface area contributed by atoms with Crippen molar-refractivity contribution < 1.29 is 14.3 Å². The van der Waals surface area contributed by atoms with Crippen LogP contribution in [0.5, 0.6) is 0 Å². The maximum atomic E-state index is 12.0. The Hall–Kier alpha value is -1.88. The fourth-order valence-electron chi connectivity index (χ4n) is 2.23. The number of anilines is 1. The summed E-state index contributed by atoms with van der Waals surface area (Å²) in [4.78, 5) is 23.6. The summed E-state index contributed by atoms with van der Waals surface area (Å²) in [5, 5.41) is 6.00. The average molecular weight is 262 g/mol. The summed E-state index contributed by atoms with van der Waals surface area (Å²) in [6, 6.07) is 5.07. The van der Waals surface area contributed by atoms with Crippen molar-refractivity contribution in [2.45, 2.75) is 25.8 Å². The van der Waals surface area contributed by atoms with Crippen LogP contribution in [0.2, 0.25) is 0 Å². The second-order valence-electron chi connectivity index (χ2n) is 4.61. The Morgan fingerprint density at radius 1 is 1.42 bits per heavy atom. The van der Waals surface area contributed by atoms with Crippen molar-refractivity contribution in [1.29, 1.82) is 0 Å². The van der Waals surface area contributed by atoms with Crippen LogP contribution in [0.3, 0.4) is 0 Å². The van der Waals surface area contributed by atoms with Crippen LogP contribution in [-0.4, -0.2) is 31.6 Å². The van der Waals surface area contributed by atoms with E-state index < -0.39 is 5.97 Å². The minimum Gasteiger partial charge on any atom is -0.465 e. The quantitative estimate of drug-likeness (QED) is 0.810. The number of ether oxygens (including phenoxy) is 1. The molecule has 2 N–H and O–H groups in total. The van der Waals surface area contributed by atoms with Gasteiger partial charge in [0.05, 0.1) is 18.7 Å². The Bertz CT molecular complexity index is 493. The molecule has 1 aromatic carbocycles. The fraction of sp³-hybridized carbons (Fsp3) is 0.429. The van der Waals surface area contributed by atoms with Gasteiger partial charge in [0, 0.05) is 5.69 Å². The predicted molar refractivity (Wildman–Crippen MR) is 72.2 cm³/mol. The molecule has 0 unspecified atom stereocenters. The minimum atomic E-state index is -0.396. The van der Waals surface area contributed by atoms with Gasteiger partial charge in [-0.3, -0.25) is 4.79 Å². The zero-order chi connectivity index (χ0) is 13.8. The number of hydrogen-bond donors (Lipinski definition) is 2. The summed E-state index contributed by atoms with van der Waals surface area (Å²) in [5.74, 6) is -0.449. The molecule has 1 fully saturated rings. The maximum Gasteiger partial charge on any atom is 0.338 e. The number of esters is 1. The number of carbonyl (C=O) groups excluding carboxylic acids is 2. The molecular formula is C14H18N2O3. The Kier molecular flexibility index (Phi) is 4.16. The number of nitrogens with one attached hydrogen (secondary N) is 2. The summed E-state index contributed by atoms with van der Waals surface area (Å²) in [6.07, 6.45) is 1.86. The lowest BCUT2D eigenvalue weighted by molar-refractivity contribution is -0.117. The van der Waals surface area contributed by atoms with E-state index in [2.05, 4.69) is 10.6 Å². The van der Waals surface area contributed by atoms with Crippen molar-refractivity contribution >= 4 is 17.6 Å². The summed E-state index contributed by atoms with van der Waals surface area (Å²) < 4.78 is 4.71. The first-order chi connectivity index (χ1) is 9.13. The van der Waals surface area contributed by atoms with E-state index in [0.717, 1.165) is 24.9 Å². The van der Waals surface area contributed by atoms with E-state index in [4.69, 9.17) is 4.74 Å². The van der Waals surface area contributed by atoms with Crippen LogP contribution in [0.4, 0.5) is 5.69 Å². The molecule has 2 rings (SSSR count). The Morgan fingerprint density at radius 2 is 2.21 bits per heavy atom. The standard InChI is InChI=1S/C14H18N2O3/c1-9-10(14(18)19-2)5-3-6-11(9)16-13(17)12-7-4-8-15-12/h3,5-6,12,15H,4,7-8H2,1-2H3,(H,16,17)/t12-/m1/s1. The normalized spacial score (nSPS) is 18.1. The molecule has 1 amide bonds. The second kappa shape index (κ2) is 5.84. The number of methoxy groups -OCH3 is 1. The SMILES string of the molecule is COC(=O)c1cccc(NC(=O)[C@H]2CCCN2)c1C. The smallest absolute Gasteiger partial charge is 0.338 e. The van der Waals surface area contributed by atoms with Gasteiger partial charge in [-0.25, -0.2) is 4.79 Å². The van der Waals surface area contributed by atoms with Crippen LogP contribution in [0.1, 0.15) is 28.8 Å². The predicted octanol–water partition coefficient (Wildman–Crippen LogP) is 1.47. The third-order valence-electron chi connectivity index (χ3n) is 3.37. The highest BCUT2D eigenvalue weighted by molar-refractivity contribution is 5.98. The lowest BCUT2D eigenvalue weighted by Crippen LogP contribution is -2.35. The molecule has 0 aromatic heterocycles. The van der Waals surface area contributed by atoms with Gasteiger partial charge in [0.15, 0.2) is 0 Å². The zero-order valence-corrected chi connectivity index (χ0v) is 11.2. The first kappa shape index (κ1) is 13.5. The van der Waals surface area contributed by atoms with Gasteiger partial charge in [0.1, 0.15) is 0 Å². The molecule has 1 aliphatic rings. The lowest BCUT2D eigenvalue weighted by atomic mass is 10.1. The van der Waals surface area contributed by atoms with Gasteiger partial charge in [0.2, 0.25) is 5.91 Å². The van der Waals surface area contributed by atoms with Gasteiger partial charge < -0.3 is 15.4 Å². The maximum absolute atomic E-state index is 12.0. The van der Waals surface area contributed by atoms with Crippen LogP contribution in [-0.2, 0) is 9.53 Å². The lowest BCUT2D eigenvalue weighted by Gasteiger charge is -2.14. The minimum absolute atomic E-state index is 0.0531.